The highest BCUT2D eigenvalue weighted by molar-refractivity contribution is 6.30. The van der Waals surface area contributed by atoms with Gasteiger partial charge in [-0.25, -0.2) is 0 Å². The normalized spacial score (nSPS) is 11.9. The van der Waals surface area contributed by atoms with Crippen LogP contribution in [-0.4, -0.2) is 13.4 Å². The lowest BCUT2D eigenvalue weighted by molar-refractivity contribution is -0.109. The van der Waals surface area contributed by atoms with Crippen LogP contribution >= 0.6 is 11.6 Å². The Morgan fingerprint density at radius 1 is 1.21 bits per heavy atom. The van der Waals surface area contributed by atoms with Crippen LogP contribution < -0.4 is 4.74 Å². The number of benzene rings is 2. The van der Waals surface area contributed by atoms with E-state index in [2.05, 4.69) is 0 Å². The minimum absolute atomic E-state index is 0.163. The van der Waals surface area contributed by atoms with Crippen molar-refractivity contribution in [2.24, 2.45) is 0 Å². The van der Waals surface area contributed by atoms with E-state index in [1.807, 2.05) is 36.4 Å². The molecule has 1 unspecified atom stereocenters. The Morgan fingerprint density at radius 3 is 2.58 bits per heavy atom. The second-order valence-corrected chi connectivity index (χ2v) is 4.79. The summed E-state index contributed by atoms with van der Waals surface area (Å²) in [5, 5.41) is 0.676. The molecule has 1 atom stereocenters. The maximum absolute atomic E-state index is 11.3. The smallest absolute Gasteiger partial charge is 0.127 e. The largest absolute Gasteiger partial charge is 0.497 e. The molecule has 3 heteroatoms. The molecule has 2 rings (SSSR count). The molecule has 0 bridgehead atoms. The van der Waals surface area contributed by atoms with Crippen LogP contribution in [-0.2, 0) is 11.2 Å². The van der Waals surface area contributed by atoms with Crippen molar-refractivity contribution in [2.45, 2.75) is 12.3 Å². The third kappa shape index (κ3) is 3.58. The van der Waals surface area contributed by atoms with Gasteiger partial charge in [0.1, 0.15) is 12.0 Å². The van der Waals surface area contributed by atoms with Gasteiger partial charge in [0, 0.05) is 10.9 Å². The summed E-state index contributed by atoms with van der Waals surface area (Å²) in [6.45, 7) is 0. The molecule has 0 fully saturated rings. The SMILES string of the molecule is COc1cccc(CC(C=O)c2ccc(Cl)cc2)c1. The Hall–Kier alpha value is -1.80. The van der Waals surface area contributed by atoms with E-state index in [4.69, 9.17) is 16.3 Å². The molecule has 0 aliphatic heterocycles. The van der Waals surface area contributed by atoms with E-state index >= 15 is 0 Å². The lowest BCUT2D eigenvalue weighted by atomic mass is 9.93. The number of carbonyl (C=O) groups excluding carboxylic acids is 1. The van der Waals surface area contributed by atoms with Crippen molar-refractivity contribution in [3.63, 3.8) is 0 Å². The monoisotopic (exact) mass is 274 g/mol. The second-order valence-electron chi connectivity index (χ2n) is 4.35. The fourth-order valence-electron chi connectivity index (χ4n) is 2.01. The number of rotatable bonds is 5. The summed E-state index contributed by atoms with van der Waals surface area (Å²) in [5.41, 5.74) is 2.05. The third-order valence-electron chi connectivity index (χ3n) is 3.05. The van der Waals surface area contributed by atoms with Gasteiger partial charge in [0.15, 0.2) is 0 Å². The number of carbonyl (C=O) groups is 1. The first-order chi connectivity index (χ1) is 9.22. The number of halogens is 1. The van der Waals surface area contributed by atoms with Gasteiger partial charge in [-0.2, -0.15) is 0 Å². The van der Waals surface area contributed by atoms with Crippen molar-refractivity contribution in [1.82, 2.24) is 0 Å². The van der Waals surface area contributed by atoms with Crippen LogP contribution in [0.2, 0.25) is 5.02 Å². The zero-order valence-electron chi connectivity index (χ0n) is 10.7. The molecule has 98 valence electrons. The zero-order chi connectivity index (χ0) is 13.7. The van der Waals surface area contributed by atoms with Gasteiger partial charge in [0.25, 0.3) is 0 Å². The molecule has 0 aromatic heterocycles. The summed E-state index contributed by atoms with van der Waals surface area (Å²) in [7, 11) is 1.63. The standard InChI is InChI=1S/C16H15ClO2/c1-19-16-4-2-3-12(10-16)9-14(11-18)13-5-7-15(17)8-6-13/h2-8,10-11,14H,9H2,1H3. The van der Waals surface area contributed by atoms with Crippen molar-refractivity contribution >= 4 is 17.9 Å². The van der Waals surface area contributed by atoms with Crippen LogP contribution in [0.5, 0.6) is 5.75 Å². The van der Waals surface area contributed by atoms with Crippen LogP contribution in [0.3, 0.4) is 0 Å². The highest BCUT2D eigenvalue weighted by atomic mass is 35.5. The molecule has 0 aliphatic rings. The van der Waals surface area contributed by atoms with Gasteiger partial charge in [-0.15, -0.1) is 0 Å². The fraction of sp³-hybridized carbons (Fsp3) is 0.188. The molecule has 0 spiro atoms. The summed E-state index contributed by atoms with van der Waals surface area (Å²) < 4.78 is 5.19. The van der Waals surface area contributed by atoms with E-state index in [-0.39, 0.29) is 5.92 Å². The number of aldehydes is 1. The summed E-state index contributed by atoms with van der Waals surface area (Å²) >= 11 is 5.85. The van der Waals surface area contributed by atoms with E-state index in [0.717, 1.165) is 23.2 Å². The number of hydrogen-bond donors (Lipinski definition) is 0. The Bertz CT molecular complexity index is 549. The third-order valence-corrected chi connectivity index (χ3v) is 3.30. The number of ether oxygens (including phenoxy) is 1. The molecule has 2 nitrogen and oxygen atoms in total. The van der Waals surface area contributed by atoms with Gasteiger partial charge in [-0.3, -0.25) is 0 Å². The number of hydrogen-bond acceptors (Lipinski definition) is 2. The second kappa shape index (κ2) is 6.39. The van der Waals surface area contributed by atoms with Gasteiger partial charge in [-0.05, 0) is 41.8 Å². The van der Waals surface area contributed by atoms with Crippen LogP contribution in [0, 0.1) is 0 Å². The predicted octanol–water partition coefficient (Wildman–Crippen LogP) is 3.87. The molecule has 19 heavy (non-hydrogen) atoms. The summed E-state index contributed by atoms with van der Waals surface area (Å²) in [6.07, 6.45) is 1.63. The van der Waals surface area contributed by atoms with E-state index in [1.54, 1.807) is 19.2 Å². The number of methoxy groups -OCH3 is 1. The first-order valence-corrected chi connectivity index (χ1v) is 6.44. The lowest BCUT2D eigenvalue weighted by Gasteiger charge is -2.11. The quantitative estimate of drug-likeness (QED) is 0.774. The molecule has 0 radical (unpaired) electrons. The van der Waals surface area contributed by atoms with E-state index in [0.29, 0.717) is 11.4 Å². The highest BCUT2D eigenvalue weighted by Gasteiger charge is 2.11. The molecule has 2 aromatic rings. The van der Waals surface area contributed by atoms with Crippen molar-refractivity contribution in [3.05, 3.63) is 64.7 Å². The Morgan fingerprint density at radius 2 is 1.95 bits per heavy atom. The Kier molecular flexibility index (Phi) is 4.58. The molecule has 0 heterocycles. The van der Waals surface area contributed by atoms with Crippen molar-refractivity contribution < 1.29 is 9.53 Å². The lowest BCUT2D eigenvalue weighted by Crippen LogP contribution is -2.04. The first kappa shape index (κ1) is 13.6. The molecule has 2 aromatic carbocycles. The molecule has 0 aliphatic carbocycles. The van der Waals surface area contributed by atoms with E-state index < -0.39 is 0 Å². The van der Waals surface area contributed by atoms with E-state index in [1.165, 1.54) is 0 Å². The van der Waals surface area contributed by atoms with Gasteiger partial charge in [-0.1, -0.05) is 35.9 Å². The van der Waals surface area contributed by atoms with Crippen LogP contribution in [0.25, 0.3) is 0 Å². The van der Waals surface area contributed by atoms with Crippen molar-refractivity contribution in [3.8, 4) is 5.75 Å². The average molecular weight is 275 g/mol. The maximum Gasteiger partial charge on any atom is 0.127 e. The molecule has 0 amide bonds. The van der Waals surface area contributed by atoms with Crippen LogP contribution in [0.4, 0.5) is 0 Å². The predicted molar refractivity (Wildman–Crippen MR) is 77.0 cm³/mol. The Labute approximate surface area is 118 Å². The zero-order valence-corrected chi connectivity index (χ0v) is 11.4. The first-order valence-electron chi connectivity index (χ1n) is 6.06. The van der Waals surface area contributed by atoms with Gasteiger partial charge in [0.05, 0.1) is 7.11 Å². The van der Waals surface area contributed by atoms with Crippen LogP contribution in [0.15, 0.2) is 48.5 Å². The molecular weight excluding hydrogens is 260 g/mol. The van der Waals surface area contributed by atoms with Crippen molar-refractivity contribution in [1.29, 1.82) is 0 Å². The summed E-state index contributed by atoms with van der Waals surface area (Å²) in [6, 6.07) is 15.2. The molecular formula is C16H15ClO2. The molecule has 0 saturated carbocycles. The summed E-state index contributed by atoms with van der Waals surface area (Å²) in [4.78, 5) is 11.3. The Balaban J connectivity index is 2.18. The van der Waals surface area contributed by atoms with Gasteiger partial charge < -0.3 is 9.53 Å². The van der Waals surface area contributed by atoms with Crippen LogP contribution in [0.1, 0.15) is 17.0 Å². The van der Waals surface area contributed by atoms with Crippen molar-refractivity contribution in [2.75, 3.05) is 7.11 Å². The van der Waals surface area contributed by atoms with Gasteiger partial charge in [0.2, 0.25) is 0 Å². The van der Waals surface area contributed by atoms with Gasteiger partial charge >= 0.3 is 0 Å². The minimum Gasteiger partial charge on any atom is -0.497 e. The van der Waals surface area contributed by atoms with E-state index in [9.17, 15) is 4.79 Å². The fourth-order valence-corrected chi connectivity index (χ4v) is 2.13. The summed E-state index contributed by atoms with van der Waals surface area (Å²) in [5.74, 6) is 0.641. The maximum atomic E-state index is 11.3. The molecule has 0 saturated heterocycles. The average Bonchev–Trinajstić information content (AvgIpc) is 2.46. The molecule has 0 N–H and O–H groups in total. The highest BCUT2D eigenvalue weighted by Crippen LogP contribution is 2.23. The topological polar surface area (TPSA) is 26.3 Å². The minimum atomic E-state index is -0.163.